The van der Waals surface area contributed by atoms with E-state index in [-0.39, 0.29) is 18.6 Å². The van der Waals surface area contributed by atoms with Crippen molar-refractivity contribution >= 4 is 34.2 Å². The Morgan fingerprint density at radius 1 is 1.15 bits per heavy atom. The molecule has 0 fully saturated rings. The summed E-state index contributed by atoms with van der Waals surface area (Å²) in [6.45, 7) is 10.5. The number of esters is 2. The molecular formula is C20H29NO5S. The minimum absolute atomic E-state index is 0.117. The Labute approximate surface area is 164 Å². The van der Waals surface area contributed by atoms with E-state index in [1.165, 1.54) is 11.3 Å². The molecule has 7 heteroatoms. The first-order valence-corrected chi connectivity index (χ1v) is 10.4. The van der Waals surface area contributed by atoms with Crippen LogP contribution in [0.25, 0.3) is 0 Å². The Bertz CT molecular complexity index is 722. The van der Waals surface area contributed by atoms with Gasteiger partial charge < -0.3 is 14.8 Å². The predicted molar refractivity (Wildman–Crippen MR) is 105 cm³/mol. The molecule has 1 aliphatic carbocycles. The van der Waals surface area contributed by atoms with Crippen molar-refractivity contribution in [2.75, 3.05) is 18.5 Å². The Hall–Kier alpha value is -1.89. The van der Waals surface area contributed by atoms with Crippen LogP contribution in [0.1, 0.15) is 68.3 Å². The maximum absolute atomic E-state index is 12.5. The predicted octanol–water partition coefficient (Wildman–Crippen LogP) is 3.97. The molecule has 1 aliphatic rings. The lowest BCUT2D eigenvalue weighted by Gasteiger charge is -2.36. The molecule has 27 heavy (non-hydrogen) atoms. The number of hydrogen-bond acceptors (Lipinski definition) is 6. The van der Waals surface area contributed by atoms with Crippen LogP contribution in [-0.4, -0.2) is 31.1 Å². The van der Waals surface area contributed by atoms with Gasteiger partial charge in [-0.3, -0.25) is 4.79 Å². The van der Waals surface area contributed by atoms with Gasteiger partial charge in [-0.1, -0.05) is 27.2 Å². The molecule has 1 N–H and O–H groups in total. The molecule has 0 radical (unpaired) electrons. The van der Waals surface area contributed by atoms with E-state index in [1.807, 2.05) is 0 Å². The van der Waals surface area contributed by atoms with Crippen LogP contribution in [0, 0.1) is 11.3 Å². The molecule has 0 aromatic carbocycles. The highest BCUT2D eigenvalue weighted by Gasteiger charge is 2.36. The van der Waals surface area contributed by atoms with E-state index in [4.69, 9.17) is 9.47 Å². The van der Waals surface area contributed by atoms with Gasteiger partial charge in [0, 0.05) is 4.88 Å². The Kier molecular flexibility index (Phi) is 7.03. The summed E-state index contributed by atoms with van der Waals surface area (Å²) in [5, 5.41) is 2.94. The number of amides is 1. The first-order valence-electron chi connectivity index (χ1n) is 9.54. The third-order valence-corrected chi connectivity index (χ3v) is 6.62. The second-order valence-electron chi connectivity index (χ2n) is 7.38. The fourth-order valence-corrected chi connectivity index (χ4v) is 4.71. The van der Waals surface area contributed by atoms with E-state index in [0.717, 1.165) is 36.1 Å². The lowest BCUT2D eigenvalue weighted by molar-refractivity contribution is -0.152. The molecule has 0 spiro atoms. The highest BCUT2D eigenvalue weighted by atomic mass is 32.1. The van der Waals surface area contributed by atoms with Gasteiger partial charge in [0.25, 0.3) is 0 Å². The van der Waals surface area contributed by atoms with Crippen molar-refractivity contribution in [1.82, 2.24) is 0 Å². The molecule has 1 aromatic heterocycles. The lowest BCUT2D eigenvalue weighted by atomic mass is 9.69. The maximum atomic E-state index is 12.5. The van der Waals surface area contributed by atoms with Crippen molar-refractivity contribution in [3.05, 3.63) is 16.0 Å². The number of ether oxygens (including phenoxy) is 2. The number of nitrogens with one attached hydrogen (secondary N) is 1. The van der Waals surface area contributed by atoms with Gasteiger partial charge in [-0.15, -0.1) is 11.3 Å². The van der Waals surface area contributed by atoms with E-state index in [9.17, 15) is 14.4 Å². The van der Waals surface area contributed by atoms with Crippen molar-refractivity contribution in [1.29, 1.82) is 0 Å². The molecule has 6 nitrogen and oxygen atoms in total. The summed E-state index contributed by atoms with van der Waals surface area (Å²) in [4.78, 5) is 37.4. The zero-order chi connectivity index (χ0) is 20.2. The van der Waals surface area contributed by atoms with Gasteiger partial charge in [-0.2, -0.15) is 0 Å². The fourth-order valence-electron chi connectivity index (χ4n) is 3.40. The SMILES string of the molecule is CCOC(=O)C(=O)Nc1sc2c(c1C(=O)OCC)CC[C@@H](C(C)(C)CC)C2. The molecule has 0 saturated heterocycles. The minimum atomic E-state index is -0.955. The van der Waals surface area contributed by atoms with Crippen LogP contribution < -0.4 is 5.32 Å². The zero-order valence-electron chi connectivity index (χ0n) is 16.8. The van der Waals surface area contributed by atoms with Crippen LogP contribution in [0.5, 0.6) is 0 Å². The second-order valence-corrected chi connectivity index (χ2v) is 8.49. The van der Waals surface area contributed by atoms with Crippen LogP contribution in [0.2, 0.25) is 0 Å². The average molecular weight is 396 g/mol. The largest absolute Gasteiger partial charge is 0.462 e. The van der Waals surface area contributed by atoms with Gasteiger partial charge in [0.1, 0.15) is 5.00 Å². The van der Waals surface area contributed by atoms with Crippen molar-refractivity contribution in [2.45, 2.75) is 60.3 Å². The lowest BCUT2D eigenvalue weighted by Crippen LogP contribution is -2.28. The second kappa shape index (κ2) is 8.87. The van der Waals surface area contributed by atoms with Gasteiger partial charge >= 0.3 is 17.8 Å². The fraction of sp³-hybridized carbons (Fsp3) is 0.650. The van der Waals surface area contributed by atoms with Crippen LogP contribution in [-0.2, 0) is 31.9 Å². The highest BCUT2D eigenvalue weighted by Crippen LogP contribution is 2.45. The third-order valence-electron chi connectivity index (χ3n) is 5.45. The van der Waals surface area contributed by atoms with E-state index in [2.05, 4.69) is 26.1 Å². The number of rotatable bonds is 6. The molecule has 1 atom stereocenters. The molecule has 1 aromatic rings. The Morgan fingerprint density at radius 3 is 2.41 bits per heavy atom. The molecule has 0 unspecified atom stereocenters. The van der Waals surface area contributed by atoms with Gasteiger partial charge in [0.15, 0.2) is 0 Å². The third kappa shape index (κ3) is 4.69. The molecule has 1 heterocycles. The monoisotopic (exact) mass is 395 g/mol. The first-order chi connectivity index (χ1) is 12.7. The van der Waals surface area contributed by atoms with Crippen molar-refractivity contribution in [3.63, 3.8) is 0 Å². The average Bonchev–Trinajstić information content (AvgIpc) is 2.99. The van der Waals surface area contributed by atoms with E-state index in [1.54, 1.807) is 13.8 Å². The van der Waals surface area contributed by atoms with Crippen LogP contribution in [0.3, 0.4) is 0 Å². The summed E-state index contributed by atoms with van der Waals surface area (Å²) in [6, 6.07) is 0. The summed E-state index contributed by atoms with van der Waals surface area (Å²) in [7, 11) is 0. The number of carbonyl (C=O) groups excluding carboxylic acids is 3. The summed E-state index contributed by atoms with van der Waals surface area (Å²) in [6.07, 6.45) is 3.70. The molecular weight excluding hydrogens is 366 g/mol. The zero-order valence-corrected chi connectivity index (χ0v) is 17.6. The Morgan fingerprint density at radius 2 is 1.81 bits per heavy atom. The standard InChI is InChI=1S/C20H29NO5S/c1-6-20(4,5)12-9-10-13-14(11-12)27-17(15(13)18(23)25-7-2)21-16(22)19(24)26-8-3/h12H,6-11H2,1-5H3,(H,21,22)/t12-/m1/s1. The van der Waals surface area contributed by atoms with E-state index < -0.39 is 17.8 Å². The molecule has 150 valence electrons. The smallest absolute Gasteiger partial charge is 0.397 e. The van der Waals surface area contributed by atoms with Gasteiger partial charge in [0.05, 0.1) is 18.8 Å². The molecule has 0 aliphatic heterocycles. The highest BCUT2D eigenvalue weighted by molar-refractivity contribution is 7.17. The number of thiophene rings is 1. The number of hydrogen-bond donors (Lipinski definition) is 1. The van der Waals surface area contributed by atoms with Gasteiger partial charge in [0.2, 0.25) is 0 Å². The van der Waals surface area contributed by atoms with Gasteiger partial charge in [-0.25, -0.2) is 9.59 Å². The molecule has 0 saturated carbocycles. The summed E-state index contributed by atoms with van der Waals surface area (Å²) >= 11 is 1.37. The Balaban J connectivity index is 2.36. The molecule has 0 bridgehead atoms. The van der Waals surface area contributed by atoms with Crippen LogP contribution in [0.15, 0.2) is 0 Å². The van der Waals surface area contributed by atoms with Crippen molar-refractivity contribution < 1.29 is 23.9 Å². The molecule has 2 rings (SSSR count). The van der Waals surface area contributed by atoms with Crippen LogP contribution >= 0.6 is 11.3 Å². The maximum Gasteiger partial charge on any atom is 0.397 e. The summed E-state index contributed by atoms with van der Waals surface area (Å²) in [5.41, 5.74) is 1.54. The number of fused-ring (bicyclic) bond motifs is 1. The van der Waals surface area contributed by atoms with E-state index in [0.29, 0.717) is 16.5 Å². The summed E-state index contributed by atoms with van der Waals surface area (Å²) in [5.74, 6) is -1.77. The van der Waals surface area contributed by atoms with Crippen molar-refractivity contribution in [3.8, 4) is 0 Å². The number of carbonyl (C=O) groups is 3. The van der Waals surface area contributed by atoms with E-state index >= 15 is 0 Å². The molecule has 1 amide bonds. The van der Waals surface area contributed by atoms with Crippen molar-refractivity contribution in [2.24, 2.45) is 11.3 Å². The normalized spacial score (nSPS) is 16.4. The topological polar surface area (TPSA) is 81.7 Å². The number of anilines is 1. The van der Waals surface area contributed by atoms with Gasteiger partial charge in [-0.05, 0) is 50.0 Å². The summed E-state index contributed by atoms with van der Waals surface area (Å²) < 4.78 is 9.94. The first kappa shape index (κ1) is 21.4. The van der Waals surface area contributed by atoms with Crippen LogP contribution in [0.4, 0.5) is 5.00 Å². The minimum Gasteiger partial charge on any atom is -0.462 e. The quantitative estimate of drug-likeness (QED) is 0.582.